The van der Waals surface area contributed by atoms with Crippen molar-refractivity contribution in [2.45, 2.75) is 38.1 Å². The fraction of sp³-hybridized carbons (Fsp3) is 0.562. The summed E-state index contributed by atoms with van der Waals surface area (Å²) in [6.07, 6.45) is 2.24. The molecule has 1 N–H and O–H groups in total. The van der Waals surface area contributed by atoms with Crippen LogP contribution < -0.4 is 10.2 Å². The third kappa shape index (κ3) is 2.72. The van der Waals surface area contributed by atoms with Gasteiger partial charge in [0.15, 0.2) is 9.84 Å². The van der Waals surface area contributed by atoms with Gasteiger partial charge in [0.05, 0.1) is 5.75 Å². The fourth-order valence-corrected chi connectivity index (χ4v) is 4.30. The van der Waals surface area contributed by atoms with E-state index in [4.69, 9.17) is 0 Å². The predicted molar refractivity (Wildman–Crippen MR) is 87.0 cm³/mol. The number of anilines is 1. The van der Waals surface area contributed by atoms with Gasteiger partial charge in [-0.2, -0.15) is 0 Å². The molecule has 0 radical (unpaired) electrons. The van der Waals surface area contributed by atoms with E-state index in [0.717, 1.165) is 18.5 Å². The van der Waals surface area contributed by atoms with Crippen molar-refractivity contribution in [1.82, 2.24) is 5.32 Å². The van der Waals surface area contributed by atoms with E-state index in [9.17, 15) is 13.2 Å². The molecule has 1 aliphatic heterocycles. The van der Waals surface area contributed by atoms with Gasteiger partial charge in [0.25, 0.3) is 0 Å². The Morgan fingerprint density at radius 2 is 2.05 bits per heavy atom. The molecule has 2 aliphatic rings. The van der Waals surface area contributed by atoms with Crippen LogP contribution in [0, 0.1) is 0 Å². The number of hydrogen-bond donors (Lipinski definition) is 1. The smallest absolute Gasteiger partial charge is 0.322 e. The molecule has 1 saturated carbocycles. The highest BCUT2D eigenvalue weighted by atomic mass is 32.2. The molecule has 6 heteroatoms. The highest BCUT2D eigenvalue weighted by molar-refractivity contribution is 7.91. The van der Waals surface area contributed by atoms with E-state index in [1.54, 1.807) is 18.7 Å². The van der Waals surface area contributed by atoms with Crippen molar-refractivity contribution in [3.63, 3.8) is 0 Å². The summed E-state index contributed by atoms with van der Waals surface area (Å²) in [6, 6.07) is 7.42. The van der Waals surface area contributed by atoms with Crippen molar-refractivity contribution >= 4 is 21.6 Å². The number of rotatable bonds is 4. The van der Waals surface area contributed by atoms with Crippen molar-refractivity contribution in [2.75, 3.05) is 23.0 Å². The van der Waals surface area contributed by atoms with Gasteiger partial charge in [0, 0.05) is 29.4 Å². The Balaban J connectivity index is 1.72. The molecule has 0 bridgehead atoms. The van der Waals surface area contributed by atoms with Gasteiger partial charge in [-0.3, -0.25) is 4.90 Å². The molecule has 0 aromatic heterocycles. The van der Waals surface area contributed by atoms with Gasteiger partial charge in [-0.05, 0) is 31.4 Å². The molecule has 1 heterocycles. The lowest BCUT2D eigenvalue weighted by Crippen LogP contribution is -2.46. The quantitative estimate of drug-likeness (QED) is 0.923. The van der Waals surface area contributed by atoms with Crippen LogP contribution in [0.5, 0.6) is 0 Å². The van der Waals surface area contributed by atoms with Crippen LogP contribution in [0.25, 0.3) is 0 Å². The lowest BCUT2D eigenvalue weighted by atomic mass is 9.99. The summed E-state index contributed by atoms with van der Waals surface area (Å²) in [4.78, 5) is 14.3. The molecule has 1 atom stereocenters. The molecule has 3 rings (SSSR count). The van der Waals surface area contributed by atoms with Gasteiger partial charge < -0.3 is 5.32 Å². The zero-order valence-electron chi connectivity index (χ0n) is 13.0. The van der Waals surface area contributed by atoms with E-state index in [0.29, 0.717) is 6.54 Å². The van der Waals surface area contributed by atoms with Crippen molar-refractivity contribution in [3.8, 4) is 0 Å². The van der Waals surface area contributed by atoms with Crippen molar-refractivity contribution in [2.24, 2.45) is 0 Å². The summed E-state index contributed by atoms with van der Waals surface area (Å²) in [5, 5.41) is 2.83. The molecule has 1 spiro atoms. The maximum absolute atomic E-state index is 12.5. The van der Waals surface area contributed by atoms with Gasteiger partial charge in [-0.25, -0.2) is 13.2 Å². The number of para-hydroxylation sites is 1. The molecule has 1 unspecified atom stereocenters. The van der Waals surface area contributed by atoms with E-state index in [2.05, 4.69) is 11.4 Å². The molecule has 1 aromatic rings. The van der Waals surface area contributed by atoms with E-state index in [1.165, 1.54) is 5.56 Å². The molecule has 2 amide bonds. The third-order valence-corrected chi connectivity index (χ3v) is 6.53. The number of carbonyl (C=O) groups is 1. The molecule has 1 aromatic carbocycles. The summed E-state index contributed by atoms with van der Waals surface area (Å²) in [6.45, 7) is 4.06. The number of hydrogen-bond acceptors (Lipinski definition) is 3. The Morgan fingerprint density at radius 3 is 2.68 bits per heavy atom. The minimum atomic E-state index is -3.09. The number of amides is 2. The monoisotopic (exact) mass is 322 g/mol. The van der Waals surface area contributed by atoms with Crippen LogP contribution in [0.2, 0.25) is 0 Å². The Hall–Kier alpha value is -1.56. The van der Waals surface area contributed by atoms with Gasteiger partial charge in [-0.15, -0.1) is 0 Å². The summed E-state index contributed by atoms with van der Waals surface area (Å²) in [5.74, 6) is 0.0821. The number of sulfone groups is 1. The van der Waals surface area contributed by atoms with Crippen molar-refractivity contribution < 1.29 is 13.2 Å². The minimum absolute atomic E-state index is 0.0180. The van der Waals surface area contributed by atoms with Crippen LogP contribution in [0.3, 0.4) is 0 Å². The zero-order chi connectivity index (χ0) is 16.0. The lowest BCUT2D eigenvalue weighted by molar-refractivity contribution is 0.244. The van der Waals surface area contributed by atoms with Crippen LogP contribution in [0.4, 0.5) is 10.5 Å². The SMILES string of the molecule is CCS(=O)(=O)CC(C)NC(=O)N1CC2(CC2)c2ccccc21. The molecule has 0 saturated heterocycles. The number of fused-ring (bicyclic) bond motifs is 2. The second-order valence-electron chi connectivity index (χ2n) is 6.43. The fourth-order valence-electron chi connectivity index (χ4n) is 3.22. The van der Waals surface area contributed by atoms with Crippen LogP contribution in [-0.4, -0.2) is 38.5 Å². The van der Waals surface area contributed by atoms with Crippen molar-refractivity contribution in [3.05, 3.63) is 29.8 Å². The maximum Gasteiger partial charge on any atom is 0.322 e. The number of urea groups is 1. The maximum atomic E-state index is 12.5. The molecule has 1 aliphatic carbocycles. The first kappa shape index (κ1) is 15.3. The Labute approximate surface area is 131 Å². The second kappa shape index (κ2) is 5.26. The number of carbonyl (C=O) groups excluding carboxylic acids is 1. The number of nitrogens with one attached hydrogen (secondary N) is 1. The molecule has 120 valence electrons. The molecular weight excluding hydrogens is 300 g/mol. The Bertz CT molecular complexity index is 695. The van der Waals surface area contributed by atoms with E-state index >= 15 is 0 Å². The average Bonchev–Trinajstić information content (AvgIpc) is 3.16. The van der Waals surface area contributed by atoms with E-state index in [1.807, 2.05) is 18.2 Å². The number of benzene rings is 1. The largest absolute Gasteiger partial charge is 0.334 e. The number of nitrogens with zero attached hydrogens (tertiary/aromatic N) is 1. The lowest BCUT2D eigenvalue weighted by Gasteiger charge is -2.21. The summed E-state index contributed by atoms with van der Waals surface area (Å²) in [7, 11) is -3.09. The summed E-state index contributed by atoms with van der Waals surface area (Å²) >= 11 is 0. The highest BCUT2D eigenvalue weighted by Gasteiger charge is 2.52. The summed E-state index contributed by atoms with van der Waals surface area (Å²) in [5.41, 5.74) is 2.36. The van der Waals surface area contributed by atoms with Crippen LogP contribution in [-0.2, 0) is 15.3 Å². The topological polar surface area (TPSA) is 66.5 Å². The van der Waals surface area contributed by atoms with Gasteiger partial charge in [0.1, 0.15) is 0 Å². The van der Waals surface area contributed by atoms with Gasteiger partial charge in [-0.1, -0.05) is 25.1 Å². The summed E-state index contributed by atoms with van der Waals surface area (Å²) < 4.78 is 23.3. The Kier molecular flexibility index (Phi) is 3.67. The first-order valence-corrected chi connectivity index (χ1v) is 9.57. The average molecular weight is 322 g/mol. The van der Waals surface area contributed by atoms with E-state index in [-0.39, 0.29) is 29.0 Å². The van der Waals surface area contributed by atoms with Crippen molar-refractivity contribution in [1.29, 1.82) is 0 Å². The molecule has 5 nitrogen and oxygen atoms in total. The van der Waals surface area contributed by atoms with Gasteiger partial charge in [0.2, 0.25) is 0 Å². The third-order valence-electron chi connectivity index (χ3n) is 4.64. The molecule has 1 fully saturated rings. The highest BCUT2D eigenvalue weighted by Crippen LogP contribution is 2.56. The van der Waals surface area contributed by atoms with Crippen LogP contribution >= 0.6 is 0 Å². The van der Waals surface area contributed by atoms with Crippen LogP contribution in [0.1, 0.15) is 32.3 Å². The zero-order valence-corrected chi connectivity index (χ0v) is 13.8. The van der Waals surface area contributed by atoms with Crippen LogP contribution in [0.15, 0.2) is 24.3 Å². The molecule has 22 heavy (non-hydrogen) atoms. The Morgan fingerprint density at radius 1 is 1.36 bits per heavy atom. The minimum Gasteiger partial charge on any atom is -0.334 e. The second-order valence-corrected chi connectivity index (χ2v) is 8.83. The standard InChI is InChI=1S/C16H22N2O3S/c1-3-22(20,21)10-12(2)17-15(19)18-11-16(8-9-16)13-6-4-5-7-14(13)18/h4-7,12H,3,8-11H2,1-2H3,(H,17,19). The van der Waals surface area contributed by atoms with Gasteiger partial charge >= 0.3 is 6.03 Å². The molecular formula is C16H22N2O3S. The van der Waals surface area contributed by atoms with E-state index < -0.39 is 9.84 Å². The predicted octanol–water partition coefficient (Wildman–Crippen LogP) is 2.07. The first-order chi connectivity index (χ1) is 10.4. The first-order valence-electron chi connectivity index (χ1n) is 7.75. The normalized spacial score (nSPS) is 19.8.